The van der Waals surface area contributed by atoms with Gasteiger partial charge in [-0.3, -0.25) is 4.79 Å². The van der Waals surface area contributed by atoms with Gasteiger partial charge >= 0.3 is 0 Å². The Morgan fingerprint density at radius 2 is 1.77 bits per heavy atom. The predicted octanol–water partition coefficient (Wildman–Crippen LogP) is 3.48. The van der Waals surface area contributed by atoms with E-state index in [4.69, 9.17) is 4.74 Å². The van der Waals surface area contributed by atoms with Crippen molar-refractivity contribution in [1.29, 1.82) is 0 Å². The number of aromatic nitrogens is 2. The minimum atomic E-state index is -3.31. The number of benzene rings is 2. The van der Waals surface area contributed by atoms with Crippen molar-refractivity contribution in [3.63, 3.8) is 0 Å². The molecule has 3 aromatic rings. The largest absolute Gasteiger partial charge is 0.491 e. The Morgan fingerprint density at radius 1 is 1.10 bits per heavy atom. The van der Waals surface area contributed by atoms with E-state index < -0.39 is 21.6 Å². The van der Waals surface area contributed by atoms with Gasteiger partial charge in [0.15, 0.2) is 9.84 Å². The highest BCUT2D eigenvalue weighted by atomic mass is 32.2. The molecule has 1 N–H and O–H groups in total. The minimum Gasteiger partial charge on any atom is -0.491 e. The lowest BCUT2D eigenvalue weighted by molar-refractivity contribution is 0.102. The molecular formula is C21H20FN3O4S. The van der Waals surface area contributed by atoms with Crippen molar-refractivity contribution >= 4 is 21.6 Å². The summed E-state index contributed by atoms with van der Waals surface area (Å²) >= 11 is 0. The average molecular weight is 429 g/mol. The second-order valence-electron chi connectivity index (χ2n) is 7.34. The maximum absolute atomic E-state index is 13.3. The number of nitrogens with zero attached hydrogens (tertiary/aromatic N) is 2. The summed E-state index contributed by atoms with van der Waals surface area (Å²) in [4.78, 5) is 12.8. The van der Waals surface area contributed by atoms with E-state index in [-0.39, 0.29) is 23.4 Å². The van der Waals surface area contributed by atoms with Gasteiger partial charge in [0.1, 0.15) is 17.4 Å². The molecule has 1 amide bonds. The molecule has 0 atom stereocenters. The Kier molecular flexibility index (Phi) is 5.07. The molecule has 1 aliphatic heterocycles. The summed E-state index contributed by atoms with van der Waals surface area (Å²) in [7, 11) is -3.31. The van der Waals surface area contributed by atoms with Crippen LogP contribution in [0.25, 0.3) is 5.69 Å². The number of nitrogens with one attached hydrogen (secondary N) is 1. The predicted molar refractivity (Wildman–Crippen MR) is 110 cm³/mol. The van der Waals surface area contributed by atoms with Crippen LogP contribution in [0.5, 0.6) is 5.75 Å². The zero-order valence-corrected chi connectivity index (χ0v) is 17.2. The number of sulfone groups is 1. The molecule has 0 aliphatic carbocycles. The zero-order chi connectivity index (χ0) is 21.5. The van der Waals surface area contributed by atoms with Gasteiger partial charge in [0.2, 0.25) is 0 Å². The van der Waals surface area contributed by atoms with E-state index in [9.17, 15) is 17.6 Å². The summed E-state index contributed by atoms with van der Waals surface area (Å²) in [6.07, 6.45) is 0.0132. The molecule has 7 nitrogen and oxygen atoms in total. The quantitative estimate of drug-likeness (QED) is 0.671. The molecule has 1 aliphatic rings. The lowest BCUT2D eigenvalue weighted by atomic mass is 10.2. The van der Waals surface area contributed by atoms with Crippen molar-refractivity contribution < 1.29 is 22.3 Å². The van der Waals surface area contributed by atoms with E-state index in [0.29, 0.717) is 28.3 Å². The van der Waals surface area contributed by atoms with Gasteiger partial charge in [-0.15, -0.1) is 0 Å². The van der Waals surface area contributed by atoms with Crippen LogP contribution in [0.1, 0.15) is 35.5 Å². The summed E-state index contributed by atoms with van der Waals surface area (Å²) in [5, 5.41) is 7.14. The molecule has 2 aromatic carbocycles. The van der Waals surface area contributed by atoms with E-state index in [1.54, 1.807) is 24.3 Å². The number of halogens is 1. The Bertz CT molecular complexity index is 1200. The fraction of sp³-hybridized carbons (Fsp3) is 0.238. The second kappa shape index (κ2) is 7.56. The Balaban J connectivity index is 1.67. The van der Waals surface area contributed by atoms with Gasteiger partial charge in [-0.2, -0.15) is 5.10 Å². The molecule has 30 heavy (non-hydrogen) atoms. The first kappa shape index (κ1) is 20.1. The van der Waals surface area contributed by atoms with E-state index in [0.717, 1.165) is 0 Å². The number of anilines is 1. The van der Waals surface area contributed by atoms with Gasteiger partial charge in [0.05, 0.1) is 29.0 Å². The topological polar surface area (TPSA) is 90.3 Å². The molecule has 2 heterocycles. The van der Waals surface area contributed by atoms with Crippen LogP contribution in [-0.4, -0.2) is 30.2 Å². The van der Waals surface area contributed by atoms with Crippen molar-refractivity contribution in [2.75, 3.05) is 5.32 Å². The minimum absolute atomic E-state index is 0.0132. The molecule has 0 saturated heterocycles. The molecule has 0 unspecified atom stereocenters. The summed E-state index contributed by atoms with van der Waals surface area (Å²) in [5.74, 6) is -0.312. The molecular weight excluding hydrogens is 409 g/mol. The highest BCUT2D eigenvalue weighted by Crippen LogP contribution is 2.33. The number of carbonyl (C=O) groups excluding carboxylic acids is 1. The first-order chi connectivity index (χ1) is 14.2. The Labute approximate surface area is 173 Å². The number of hydrogen-bond acceptors (Lipinski definition) is 5. The van der Waals surface area contributed by atoms with Crippen LogP contribution in [0.15, 0.2) is 48.5 Å². The van der Waals surface area contributed by atoms with Crippen molar-refractivity contribution in [2.45, 2.75) is 31.5 Å². The second-order valence-corrected chi connectivity index (χ2v) is 9.40. The van der Waals surface area contributed by atoms with Crippen LogP contribution in [0.2, 0.25) is 0 Å². The standard InChI is InChI=1S/C21H20FN3O4S/c1-13(2)29-17-9-3-14(4-10-17)21(26)23-20-18-11-30(27,28)12-19(18)24-25(20)16-7-5-15(22)6-8-16/h3-10,13H,11-12H2,1-2H3,(H,23,26). The Hall–Kier alpha value is -3.20. The van der Waals surface area contributed by atoms with Crippen molar-refractivity contribution in [3.8, 4) is 11.4 Å². The van der Waals surface area contributed by atoms with Crippen LogP contribution in [0.4, 0.5) is 10.2 Å². The monoisotopic (exact) mass is 429 g/mol. The van der Waals surface area contributed by atoms with Crippen LogP contribution in [-0.2, 0) is 21.3 Å². The molecule has 0 saturated carbocycles. The third-order valence-corrected chi connectivity index (χ3v) is 6.02. The summed E-state index contributed by atoms with van der Waals surface area (Å²) in [6, 6.07) is 12.2. The third-order valence-electron chi connectivity index (χ3n) is 4.58. The van der Waals surface area contributed by atoms with Crippen LogP contribution >= 0.6 is 0 Å². The molecule has 0 radical (unpaired) electrons. The fourth-order valence-corrected chi connectivity index (χ4v) is 4.77. The first-order valence-corrected chi connectivity index (χ1v) is 11.2. The molecule has 9 heteroatoms. The highest BCUT2D eigenvalue weighted by Gasteiger charge is 2.33. The van der Waals surface area contributed by atoms with Gasteiger partial charge in [0.25, 0.3) is 5.91 Å². The smallest absolute Gasteiger partial charge is 0.256 e. The number of hydrogen-bond donors (Lipinski definition) is 1. The van der Waals surface area contributed by atoms with Gasteiger partial charge in [-0.1, -0.05) is 0 Å². The highest BCUT2D eigenvalue weighted by molar-refractivity contribution is 7.90. The summed E-state index contributed by atoms with van der Waals surface area (Å²) in [6.45, 7) is 3.82. The van der Waals surface area contributed by atoms with E-state index >= 15 is 0 Å². The number of fused-ring (bicyclic) bond motifs is 1. The van der Waals surface area contributed by atoms with Crippen LogP contribution < -0.4 is 10.1 Å². The molecule has 0 fully saturated rings. The number of ether oxygens (including phenoxy) is 1. The molecule has 0 bridgehead atoms. The SMILES string of the molecule is CC(C)Oc1ccc(C(=O)Nc2c3c(nn2-c2ccc(F)cc2)CS(=O)(=O)C3)cc1. The summed E-state index contributed by atoms with van der Waals surface area (Å²) in [5.41, 5.74) is 1.73. The molecule has 1 aromatic heterocycles. The van der Waals surface area contributed by atoms with Gasteiger partial charge in [-0.25, -0.2) is 17.5 Å². The fourth-order valence-electron chi connectivity index (χ4n) is 3.28. The Morgan fingerprint density at radius 3 is 2.40 bits per heavy atom. The average Bonchev–Trinajstić information content (AvgIpc) is 3.15. The molecule has 0 spiro atoms. The lowest BCUT2D eigenvalue weighted by Gasteiger charge is -2.12. The van der Waals surface area contributed by atoms with Crippen molar-refractivity contribution in [3.05, 3.63) is 71.2 Å². The van der Waals surface area contributed by atoms with Gasteiger partial charge in [0, 0.05) is 11.1 Å². The van der Waals surface area contributed by atoms with E-state index in [1.807, 2.05) is 13.8 Å². The normalized spacial score (nSPS) is 14.5. The van der Waals surface area contributed by atoms with Crippen LogP contribution in [0, 0.1) is 5.82 Å². The number of amides is 1. The third kappa shape index (κ3) is 4.06. The zero-order valence-electron chi connectivity index (χ0n) is 16.4. The molecule has 4 rings (SSSR count). The van der Waals surface area contributed by atoms with Gasteiger partial charge < -0.3 is 10.1 Å². The number of rotatable bonds is 5. The van der Waals surface area contributed by atoms with Crippen LogP contribution in [0.3, 0.4) is 0 Å². The summed E-state index contributed by atoms with van der Waals surface area (Å²) < 4.78 is 44.4. The maximum Gasteiger partial charge on any atom is 0.256 e. The van der Waals surface area contributed by atoms with E-state index in [2.05, 4.69) is 10.4 Å². The maximum atomic E-state index is 13.3. The van der Waals surface area contributed by atoms with Gasteiger partial charge in [-0.05, 0) is 62.4 Å². The molecule has 156 valence electrons. The first-order valence-electron chi connectivity index (χ1n) is 9.37. The van der Waals surface area contributed by atoms with E-state index in [1.165, 1.54) is 28.9 Å². The van der Waals surface area contributed by atoms with Crippen molar-refractivity contribution in [2.24, 2.45) is 0 Å². The van der Waals surface area contributed by atoms with Crippen molar-refractivity contribution in [1.82, 2.24) is 9.78 Å². The lowest BCUT2D eigenvalue weighted by Crippen LogP contribution is -2.17. The number of carbonyl (C=O) groups is 1.